The van der Waals surface area contributed by atoms with Gasteiger partial charge in [0.15, 0.2) is 0 Å². The highest BCUT2D eigenvalue weighted by molar-refractivity contribution is 4.75. The third-order valence-corrected chi connectivity index (χ3v) is 3.06. The molecule has 3 unspecified atom stereocenters. The van der Waals surface area contributed by atoms with Gasteiger partial charge in [0.1, 0.15) is 0 Å². The van der Waals surface area contributed by atoms with Crippen LogP contribution in [0.15, 0.2) is 12.7 Å². The summed E-state index contributed by atoms with van der Waals surface area (Å²) in [5, 5.41) is 3.28. The standard InChI is InChI=1S/C13H25NO2/c1-4-8-14-10-11(2)16-13-7-5-6-12(9-13)15-3/h4,11-14H,1,5-10H2,2-3H3. The van der Waals surface area contributed by atoms with Gasteiger partial charge in [-0.1, -0.05) is 6.08 Å². The van der Waals surface area contributed by atoms with Crippen molar-refractivity contribution in [3.8, 4) is 0 Å². The molecule has 0 aromatic rings. The van der Waals surface area contributed by atoms with E-state index in [1.54, 1.807) is 7.11 Å². The van der Waals surface area contributed by atoms with E-state index in [0.29, 0.717) is 12.2 Å². The van der Waals surface area contributed by atoms with Gasteiger partial charge in [-0.3, -0.25) is 0 Å². The Morgan fingerprint density at radius 1 is 1.44 bits per heavy atom. The molecule has 0 saturated heterocycles. The third-order valence-electron chi connectivity index (χ3n) is 3.06. The predicted molar refractivity (Wildman–Crippen MR) is 66.7 cm³/mol. The van der Waals surface area contributed by atoms with Crippen LogP contribution in [0.25, 0.3) is 0 Å². The molecule has 0 spiro atoms. The Hall–Kier alpha value is -0.380. The molecule has 1 N–H and O–H groups in total. The molecule has 0 amide bonds. The van der Waals surface area contributed by atoms with Crippen LogP contribution >= 0.6 is 0 Å². The van der Waals surface area contributed by atoms with Crippen molar-refractivity contribution < 1.29 is 9.47 Å². The average molecular weight is 227 g/mol. The topological polar surface area (TPSA) is 30.5 Å². The summed E-state index contributed by atoms with van der Waals surface area (Å²) < 4.78 is 11.4. The first-order valence-corrected chi connectivity index (χ1v) is 6.26. The van der Waals surface area contributed by atoms with E-state index in [-0.39, 0.29) is 6.10 Å². The molecule has 3 nitrogen and oxygen atoms in total. The van der Waals surface area contributed by atoms with Crippen LogP contribution in [0.3, 0.4) is 0 Å². The first-order valence-electron chi connectivity index (χ1n) is 6.26. The highest BCUT2D eigenvalue weighted by Crippen LogP contribution is 2.23. The summed E-state index contributed by atoms with van der Waals surface area (Å²) in [5.41, 5.74) is 0. The van der Waals surface area contributed by atoms with Crippen LogP contribution in [-0.4, -0.2) is 38.5 Å². The lowest BCUT2D eigenvalue weighted by Gasteiger charge is -2.30. The Morgan fingerprint density at radius 2 is 2.19 bits per heavy atom. The van der Waals surface area contributed by atoms with Gasteiger partial charge in [0.25, 0.3) is 0 Å². The Kier molecular flexibility index (Phi) is 6.69. The lowest BCUT2D eigenvalue weighted by atomic mass is 9.95. The molecule has 1 fully saturated rings. The molecule has 1 saturated carbocycles. The molecule has 0 heterocycles. The van der Waals surface area contributed by atoms with E-state index < -0.39 is 0 Å². The van der Waals surface area contributed by atoms with Crippen LogP contribution in [0.1, 0.15) is 32.6 Å². The van der Waals surface area contributed by atoms with Gasteiger partial charge in [0.05, 0.1) is 18.3 Å². The molecular formula is C13H25NO2. The Balaban J connectivity index is 2.16. The van der Waals surface area contributed by atoms with Crippen LogP contribution in [0, 0.1) is 0 Å². The Labute approximate surface area is 99.2 Å². The van der Waals surface area contributed by atoms with Crippen LogP contribution in [0.2, 0.25) is 0 Å². The molecule has 3 atom stereocenters. The SMILES string of the molecule is C=CCNCC(C)OC1CCCC(OC)C1. The number of ether oxygens (including phenoxy) is 2. The third kappa shape index (κ3) is 5.10. The maximum atomic E-state index is 5.99. The van der Waals surface area contributed by atoms with E-state index in [2.05, 4.69) is 18.8 Å². The normalized spacial score (nSPS) is 27.6. The fraction of sp³-hybridized carbons (Fsp3) is 0.846. The molecule has 0 aromatic heterocycles. The zero-order chi connectivity index (χ0) is 11.8. The zero-order valence-corrected chi connectivity index (χ0v) is 10.6. The van der Waals surface area contributed by atoms with Gasteiger partial charge in [0.2, 0.25) is 0 Å². The highest BCUT2D eigenvalue weighted by atomic mass is 16.5. The van der Waals surface area contributed by atoms with Crippen molar-refractivity contribution in [3.63, 3.8) is 0 Å². The lowest BCUT2D eigenvalue weighted by molar-refractivity contribution is -0.0578. The van der Waals surface area contributed by atoms with Crippen molar-refractivity contribution in [3.05, 3.63) is 12.7 Å². The van der Waals surface area contributed by atoms with Crippen LogP contribution in [0.5, 0.6) is 0 Å². The summed E-state index contributed by atoms with van der Waals surface area (Å²) in [6.45, 7) is 7.53. The molecular weight excluding hydrogens is 202 g/mol. The van der Waals surface area contributed by atoms with Crippen molar-refractivity contribution in [2.75, 3.05) is 20.2 Å². The smallest absolute Gasteiger partial charge is 0.0675 e. The molecule has 0 aromatic carbocycles. The molecule has 16 heavy (non-hydrogen) atoms. The number of rotatable bonds is 7. The summed E-state index contributed by atoms with van der Waals surface area (Å²) in [6.07, 6.45) is 7.52. The van der Waals surface area contributed by atoms with Gasteiger partial charge in [-0.2, -0.15) is 0 Å². The van der Waals surface area contributed by atoms with Crippen LogP contribution < -0.4 is 5.32 Å². The molecule has 1 rings (SSSR count). The maximum Gasteiger partial charge on any atom is 0.0675 e. The fourth-order valence-corrected chi connectivity index (χ4v) is 2.21. The van der Waals surface area contributed by atoms with Gasteiger partial charge in [-0.05, 0) is 32.6 Å². The van der Waals surface area contributed by atoms with E-state index in [1.807, 2.05) is 6.08 Å². The Bertz CT molecular complexity index is 196. The van der Waals surface area contributed by atoms with Crippen molar-refractivity contribution in [2.45, 2.75) is 50.9 Å². The summed E-state index contributed by atoms with van der Waals surface area (Å²) in [4.78, 5) is 0. The average Bonchev–Trinajstić information content (AvgIpc) is 2.29. The van der Waals surface area contributed by atoms with E-state index in [0.717, 1.165) is 19.5 Å². The second-order valence-corrected chi connectivity index (χ2v) is 4.54. The number of hydrogen-bond donors (Lipinski definition) is 1. The van der Waals surface area contributed by atoms with E-state index in [4.69, 9.17) is 9.47 Å². The van der Waals surface area contributed by atoms with Gasteiger partial charge < -0.3 is 14.8 Å². The van der Waals surface area contributed by atoms with E-state index in [9.17, 15) is 0 Å². The Morgan fingerprint density at radius 3 is 2.88 bits per heavy atom. The van der Waals surface area contributed by atoms with Crippen molar-refractivity contribution in [2.24, 2.45) is 0 Å². The predicted octanol–water partition coefficient (Wildman–Crippen LogP) is 2.12. The zero-order valence-electron chi connectivity index (χ0n) is 10.6. The van der Waals surface area contributed by atoms with E-state index in [1.165, 1.54) is 19.3 Å². The molecule has 0 radical (unpaired) electrons. The minimum atomic E-state index is 0.264. The van der Waals surface area contributed by atoms with Crippen molar-refractivity contribution >= 4 is 0 Å². The fourth-order valence-electron chi connectivity index (χ4n) is 2.21. The van der Waals surface area contributed by atoms with Gasteiger partial charge in [0, 0.05) is 20.2 Å². The molecule has 1 aliphatic carbocycles. The lowest BCUT2D eigenvalue weighted by Crippen LogP contribution is -2.34. The van der Waals surface area contributed by atoms with Gasteiger partial charge in [-0.15, -0.1) is 6.58 Å². The number of methoxy groups -OCH3 is 1. The second-order valence-electron chi connectivity index (χ2n) is 4.54. The number of hydrogen-bond acceptors (Lipinski definition) is 3. The summed E-state index contributed by atoms with van der Waals surface area (Å²) >= 11 is 0. The molecule has 94 valence electrons. The quantitative estimate of drug-likeness (QED) is 0.534. The van der Waals surface area contributed by atoms with Crippen LogP contribution in [-0.2, 0) is 9.47 Å². The maximum absolute atomic E-state index is 5.99. The summed E-state index contributed by atoms with van der Waals surface area (Å²) in [5.74, 6) is 0. The minimum Gasteiger partial charge on any atom is -0.381 e. The second kappa shape index (κ2) is 7.82. The summed E-state index contributed by atoms with van der Waals surface area (Å²) in [6, 6.07) is 0. The molecule has 1 aliphatic rings. The molecule has 3 heteroatoms. The minimum absolute atomic E-state index is 0.264. The van der Waals surface area contributed by atoms with Gasteiger partial charge >= 0.3 is 0 Å². The van der Waals surface area contributed by atoms with E-state index >= 15 is 0 Å². The highest BCUT2D eigenvalue weighted by Gasteiger charge is 2.23. The monoisotopic (exact) mass is 227 g/mol. The number of nitrogens with one attached hydrogen (secondary N) is 1. The van der Waals surface area contributed by atoms with Crippen molar-refractivity contribution in [1.29, 1.82) is 0 Å². The molecule has 0 aliphatic heterocycles. The first-order chi connectivity index (χ1) is 7.76. The molecule has 0 bridgehead atoms. The largest absolute Gasteiger partial charge is 0.381 e. The first kappa shape index (κ1) is 13.7. The van der Waals surface area contributed by atoms with Crippen molar-refractivity contribution in [1.82, 2.24) is 5.32 Å². The summed E-state index contributed by atoms with van der Waals surface area (Å²) in [7, 11) is 1.79. The van der Waals surface area contributed by atoms with Gasteiger partial charge in [-0.25, -0.2) is 0 Å². The van der Waals surface area contributed by atoms with Crippen LogP contribution in [0.4, 0.5) is 0 Å².